The molecule has 0 aromatic carbocycles. The van der Waals surface area contributed by atoms with Crippen LogP contribution in [-0.4, -0.2) is 47.4 Å². The number of thiocarbonyl (C=S) groups is 1. The monoisotopic (exact) mass is 272 g/mol. The minimum atomic E-state index is 0.270. The quantitative estimate of drug-likeness (QED) is 0.690. The Morgan fingerprint density at radius 2 is 2.17 bits per heavy atom. The first kappa shape index (κ1) is 15.0. The number of ether oxygens (including phenoxy) is 2. The van der Waals surface area contributed by atoms with Crippen molar-refractivity contribution >= 4 is 17.2 Å². The minimum absolute atomic E-state index is 0.270. The lowest BCUT2D eigenvalue weighted by atomic mass is 10.2. The molecule has 0 aliphatic carbocycles. The van der Waals surface area contributed by atoms with Gasteiger partial charge in [0.1, 0.15) is 10.7 Å². The van der Waals surface area contributed by atoms with Gasteiger partial charge >= 0.3 is 0 Å². The van der Waals surface area contributed by atoms with Crippen LogP contribution in [0.4, 0.5) is 0 Å². The highest BCUT2D eigenvalue weighted by Crippen LogP contribution is 2.10. The van der Waals surface area contributed by atoms with Gasteiger partial charge in [-0.1, -0.05) is 24.4 Å². The van der Waals surface area contributed by atoms with E-state index in [0.29, 0.717) is 31.2 Å². The van der Waals surface area contributed by atoms with Crippen molar-refractivity contribution in [1.29, 1.82) is 0 Å². The summed E-state index contributed by atoms with van der Waals surface area (Å²) in [5.41, 5.74) is 7.15. The molecule has 0 spiro atoms. The summed E-state index contributed by atoms with van der Waals surface area (Å²) >= 11 is 4.97. The molecule has 1 atom stereocenters. The van der Waals surface area contributed by atoms with Crippen LogP contribution in [0.1, 0.15) is 18.3 Å². The van der Waals surface area contributed by atoms with E-state index in [1.807, 2.05) is 4.68 Å². The lowest BCUT2D eigenvalue weighted by Crippen LogP contribution is -2.19. The SMILES string of the molecule is COCCc1c(C(N)=S)nnn1CC(C)COC. The largest absolute Gasteiger partial charge is 0.388 e. The molecule has 0 radical (unpaired) electrons. The molecule has 1 aromatic heterocycles. The lowest BCUT2D eigenvalue weighted by molar-refractivity contribution is 0.147. The van der Waals surface area contributed by atoms with Crippen molar-refractivity contribution in [2.45, 2.75) is 19.9 Å². The van der Waals surface area contributed by atoms with Gasteiger partial charge in [0.05, 0.1) is 18.9 Å². The van der Waals surface area contributed by atoms with E-state index in [-0.39, 0.29) is 4.99 Å². The Hall–Kier alpha value is -1.05. The summed E-state index contributed by atoms with van der Waals surface area (Å²) in [5.74, 6) is 0.345. The number of nitrogens with zero attached hydrogens (tertiary/aromatic N) is 3. The van der Waals surface area contributed by atoms with Crippen LogP contribution in [-0.2, 0) is 22.4 Å². The van der Waals surface area contributed by atoms with Gasteiger partial charge in [0.25, 0.3) is 0 Å². The fraction of sp³-hybridized carbons (Fsp3) is 0.727. The molecule has 0 amide bonds. The highest BCUT2D eigenvalue weighted by molar-refractivity contribution is 7.80. The summed E-state index contributed by atoms with van der Waals surface area (Å²) in [4.78, 5) is 0.270. The molecule has 0 aliphatic rings. The fourth-order valence-electron chi connectivity index (χ4n) is 1.75. The van der Waals surface area contributed by atoms with Gasteiger partial charge in [0.2, 0.25) is 0 Å². The number of hydrogen-bond acceptors (Lipinski definition) is 5. The molecule has 0 saturated carbocycles. The first-order valence-electron chi connectivity index (χ1n) is 5.80. The second-order valence-corrected chi connectivity index (χ2v) is 4.67. The standard InChI is InChI=1S/C11H20N4O2S/c1-8(7-17-3)6-15-9(4-5-16-2)10(11(12)18)13-14-15/h8H,4-7H2,1-3H3,(H2,12,18). The van der Waals surface area contributed by atoms with Gasteiger partial charge in [0.15, 0.2) is 0 Å². The molecule has 0 bridgehead atoms. The Kier molecular flexibility index (Phi) is 6.17. The van der Waals surface area contributed by atoms with Crippen molar-refractivity contribution in [3.8, 4) is 0 Å². The highest BCUT2D eigenvalue weighted by Gasteiger charge is 2.16. The van der Waals surface area contributed by atoms with Crippen LogP contribution in [0.5, 0.6) is 0 Å². The van der Waals surface area contributed by atoms with E-state index in [2.05, 4.69) is 17.2 Å². The van der Waals surface area contributed by atoms with E-state index in [1.54, 1.807) is 14.2 Å². The van der Waals surface area contributed by atoms with Crippen LogP contribution in [0.25, 0.3) is 0 Å². The Morgan fingerprint density at radius 3 is 2.72 bits per heavy atom. The maximum Gasteiger partial charge on any atom is 0.143 e. The van der Waals surface area contributed by atoms with Gasteiger partial charge in [-0.25, -0.2) is 4.68 Å². The van der Waals surface area contributed by atoms with E-state index in [1.165, 1.54) is 0 Å². The number of hydrogen-bond donors (Lipinski definition) is 1. The smallest absolute Gasteiger partial charge is 0.143 e. The normalized spacial score (nSPS) is 12.6. The zero-order valence-electron chi connectivity index (χ0n) is 11.0. The number of rotatable bonds is 8. The Labute approximate surface area is 112 Å². The molecule has 1 aromatic rings. The van der Waals surface area contributed by atoms with Gasteiger partial charge in [-0.05, 0) is 5.92 Å². The molecular formula is C11H20N4O2S. The third-order valence-electron chi connectivity index (χ3n) is 2.55. The zero-order chi connectivity index (χ0) is 13.5. The summed E-state index contributed by atoms with van der Waals surface area (Å²) in [6.07, 6.45) is 0.690. The fourth-order valence-corrected chi connectivity index (χ4v) is 1.91. The molecule has 0 aliphatic heterocycles. The lowest BCUT2D eigenvalue weighted by Gasteiger charge is -2.12. The van der Waals surface area contributed by atoms with Crippen LogP contribution in [0, 0.1) is 5.92 Å². The average Bonchev–Trinajstić information content (AvgIpc) is 2.69. The van der Waals surface area contributed by atoms with Crippen LogP contribution >= 0.6 is 12.2 Å². The molecule has 1 heterocycles. The van der Waals surface area contributed by atoms with E-state index in [4.69, 9.17) is 27.4 Å². The average molecular weight is 272 g/mol. The molecular weight excluding hydrogens is 252 g/mol. The van der Waals surface area contributed by atoms with E-state index >= 15 is 0 Å². The molecule has 1 rings (SSSR count). The predicted octanol–water partition coefficient (Wildman–Crippen LogP) is 0.384. The van der Waals surface area contributed by atoms with Crippen molar-refractivity contribution in [3.05, 3.63) is 11.4 Å². The summed E-state index contributed by atoms with van der Waals surface area (Å²) in [7, 11) is 3.34. The summed E-state index contributed by atoms with van der Waals surface area (Å²) in [5, 5.41) is 8.13. The summed E-state index contributed by atoms with van der Waals surface area (Å²) < 4.78 is 12.0. The molecule has 1 unspecified atom stereocenters. The maximum atomic E-state index is 5.64. The molecule has 7 heteroatoms. The summed E-state index contributed by atoms with van der Waals surface area (Å²) in [6.45, 7) is 4.07. The first-order chi connectivity index (χ1) is 8.60. The Morgan fingerprint density at radius 1 is 1.44 bits per heavy atom. The molecule has 0 saturated heterocycles. The van der Waals surface area contributed by atoms with Crippen LogP contribution < -0.4 is 5.73 Å². The molecule has 102 valence electrons. The van der Waals surface area contributed by atoms with Crippen molar-refractivity contribution in [2.75, 3.05) is 27.4 Å². The van der Waals surface area contributed by atoms with Crippen molar-refractivity contribution in [1.82, 2.24) is 15.0 Å². The Balaban J connectivity index is 2.85. The van der Waals surface area contributed by atoms with Crippen LogP contribution in [0.15, 0.2) is 0 Å². The van der Waals surface area contributed by atoms with Gasteiger partial charge in [-0.15, -0.1) is 5.10 Å². The number of aromatic nitrogens is 3. The van der Waals surface area contributed by atoms with Crippen molar-refractivity contribution < 1.29 is 9.47 Å². The predicted molar refractivity (Wildman–Crippen MR) is 72.5 cm³/mol. The topological polar surface area (TPSA) is 75.2 Å². The highest BCUT2D eigenvalue weighted by atomic mass is 32.1. The molecule has 0 fully saturated rings. The third kappa shape index (κ3) is 4.01. The van der Waals surface area contributed by atoms with Gasteiger partial charge < -0.3 is 15.2 Å². The van der Waals surface area contributed by atoms with E-state index in [9.17, 15) is 0 Å². The zero-order valence-corrected chi connectivity index (χ0v) is 11.9. The van der Waals surface area contributed by atoms with Gasteiger partial charge in [0, 0.05) is 27.2 Å². The first-order valence-corrected chi connectivity index (χ1v) is 6.21. The molecule has 18 heavy (non-hydrogen) atoms. The maximum absolute atomic E-state index is 5.64. The second kappa shape index (κ2) is 7.40. The minimum Gasteiger partial charge on any atom is -0.388 e. The van der Waals surface area contributed by atoms with Gasteiger partial charge in [-0.3, -0.25) is 0 Å². The van der Waals surface area contributed by atoms with Crippen LogP contribution in [0.2, 0.25) is 0 Å². The molecule has 2 N–H and O–H groups in total. The summed E-state index contributed by atoms with van der Waals surface area (Å²) in [6, 6.07) is 0. The van der Waals surface area contributed by atoms with E-state index in [0.717, 1.165) is 12.2 Å². The number of methoxy groups -OCH3 is 2. The number of nitrogens with two attached hydrogens (primary N) is 1. The third-order valence-corrected chi connectivity index (χ3v) is 2.74. The van der Waals surface area contributed by atoms with Crippen molar-refractivity contribution in [3.63, 3.8) is 0 Å². The van der Waals surface area contributed by atoms with Gasteiger partial charge in [-0.2, -0.15) is 0 Å². The Bertz CT molecular complexity index is 394. The molecule has 6 nitrogen and oxygen atoms in total. The second-order valence-electron chi connectivity index (χ2n) is 4.23. The van der Waals surface area contributed by atoms with Crippen LogP contribution in [0.3, 0.4) is 0 Å². The van der Waals surface area contributed by atoms with Crippen molar-refractivity contribution in [2.24, 2.45) is 11.7 Å². The van der Waals surface area contributed by atoms with E-state index < -0.39 is 0 Å².